The molecule has 0 amide bonds. The van der Waals surface area contributed by atoms with Gasteiger partial charge in [0, 0.05) is 0 Å². The van der Waals surface area contributed by atoms with E-state index >= 15 is 0 Å². The van der Waals surface area contributed by atoms with Crippen LogP contribution in [-0.4, -0.2) is 86.0 Å². The summed E-state index contributed by atoms with van der Waals surface area (Å²) in [6.45, 7) is -0.701. The van der Waals surface area contributed by atoms with Crippen molar-refractivity contribution >= 4 is 11.9 Å². The maximum absolute atomic E-state index is 12.6. The van der Waals surface area contributed by atoms with Gasteiger partial charge in [-0.05, 0) is 35.9 Å². The number of aromatic hydroxyl groups is 3. The van der Waals surface area contributed by atoms with E-state index in [1.54, 1.807) is 6.07 Å². The van der Waals surface area contributed by atoms with Gasteiger partial charge in [0.25, 0.3) is 0 Å². The Bertz CT molecular complexity index is 1030. The van der Waals surface area contributed by atoms with Gasteiger partial charge in [0.2, 0.25) is 12.0 Å². The van der Waals surface area contributed by atoms with Crippen LogP contribution in [0.15, 0.2) is 36.4 Å². The van der Waals surface area contributed by atoms with Gasteiger partial charge in [-0.15, -0.1) is 0 Å². The van der Waals surface area contributed by atoms with E-state index in [1.165, 1.54) is 25.3 Å². The molecule has 1 fully saturated rings. The summed E-state index contributed by atoms with van der Waals surface area (Å²) in [7, 11) is 1.39. The van der Waals surface area contributed by atoms with Gasteiger partial charge >= 0.3 is 0 Å². The van der Waals surface area contributed by atoms with E-state index in [4.69, 9.17) is 14.2 Å². The predicted molar refractivity (Wildman–Crippen MR) is 112 cm³/mol. The Morgan fingerprint density at radius 2 is 1.76 bits per heavy atom. The average molecular weight is 464 g/mol. The second kappa shape index (κ2) is 10.1. The van der Waals surface area contributed by atoms with Crippen molar-refractivity contribution in [3.05, 3.63) is 47.5 Å². The van der Waals surface area contributed by atoms with Crippen LogP contribution in [-0.2, 0) is 4.74 Å². The first-order valence-electron chi connectivity index (χ1n) is 9.79. The summed E-state index contributed by atoms with van der Waals surface area (Å²) in [5, 5.41) is 69.5. The Balaban J connectivity index is 1.83. The molecule has 0 radical (unpaired) electrons. The zero-order valence-electron chi connectivity index (χ0n) is 17.4. The number of aliphatic hydroxyl groups excluding tert-OH is 4. The summed E-state index contributed by atoms with van der Waals surface area (Å²) in [6.07, 6.45) is -5.60. The molecule has 3 rings (SSSR count). The normalized spacial score (nSPS) is 25.2. The summed E-state index contributed by atoms with van der Waals surface area (Å²) >= 11 is 0. The van der Waals surface area contributed by atoms with Gasteiger partial charge in [0.15, 0.2) is 28.8 Å². The van der Waals surface area contributed by atoms with Gasteiger partial charge in [-0.25, -0.2) is 0 Å². The first kappa shape index (κ1) is 24.3. The van der Waals surface area contributed by atoms with Gasteiger partial charge in [-0.2, -0.15) is 0 Å². The molecule has 0 saturated carbocycles. The smallest absolute Gasteiger partial charge is 0.229 e. The van der Waals surface area contributed by atoms with E-state index in [2.05, 4.69) is 0 Å². The highest BCUT2D eigenvalue weighted by Crippen LogP contribution is 2.40. The minimum atomic E-state index is -1.79. The molecular weight excluding hydrogens is 440 g/mol. The quantitative estimate of drug-likeness (QED) is 0.214. The van der Waals surface area contributed by atoms with Crippen LogP contribution >= 0.6 is 0 Å². The number of ketones is 1. The molecule has 11 nitrogen and oxygen atoms in total. The Hall–Kier alpha value is -3.35. The molecule has 178 valence electrons. The number of allylic oxidation sites excluding steroid dienone is 1. The number of rotatable bonds is 7. The van der Waals surface area contributed by atoms with E-state index in [9.17, 15) is 40.5 Å². The molecule has 0 bridgehead atoms. The van der Waals surface area contributed by atoms with Crippen molar-refractivity contribution in [1.82, 2.24) is 0 Å². The Morgan fingerprint density at radius 1 is 1.03 bits per heavy atom. The summed E-state index contributed by atoms with van der Waals surface area (Å²) in [4.78, 5) is 12.6. The average Bonchev–Trinajstić information content (AvgIpc) is 2.80. The fourth-order valence-electron chi connectivity index (χ4n) is 3.23. The highest BCUT2D eigenvalue weighted by atomic mass is 16.7. The topological polar surface area (TPSA) is 186 Å². The van der Waals surface area contributed by atoms with Gasteiger partial charge in [-0.3, -0.25) is 4.79 Å². The van der Waals surface area contributed by atoms with Crippen molar-refractivity contribution in [3.8, 4) is 28.7 Å². The lowest BCUT2D eigenvalue weighted by molar-refractivity contribution is -0.277. The SMILES string of the molecule is COc1ccc(C=CC(=O)c2ccc(O)c(O[C@@H]3O[C@@H](CO)[C@@H](O)[C@H](O)[C@@H]3O)c2O)cc1O. The maximum Gasteiger partial charge on any atom is 0.229 e. The number of carbonyl (C=O) groups is 1. The van der Waals surface area contributed by atoms with E-state index in [-0.39, 0.29) is 17.1 Å². The third-order valence-corrected chi connectivity index (χ3v) is 5.09. The van der Waals surface area contributed by atoms with Crippen LogP contribution in [0.5, 0.6) is 28.7 Å². The Morgan fingerprint density at radius 3 is 2.39 bits per heavy atom. The number of benzene rings is 2. The lowest BCUT2D eigenvalue weighted by Gasteiger charge is -2.39. The van der Waals surface area contributed by atoms with E-state index in [1.807, 2.05) is 0 Å². The summed E-state index contributed by atoms with van der Waals surface area (Å²) in [5.41, 5.74) is 0.207. The predicted octanol–water partition coefficient (Wildman–Crippen LogP) is -0.113. The molecule has 2 aromatic carbocycles. The van der Waals surface area contributed by atoms with Crippen LogP contribution in [0.1, 0.15) is 15.9 Å². The fourth-order valence-corrected chi connectivity index (χ4v) is 3.23. The van der Waals surface area contributed by atoms with Crippen LogP contribution in [0.25, 0.3) is 6.08 Å². The molecule has 11 heteroatoms. The molecule has 7 N–H and O–H groups in total. The van der Waals surface area contributed by atoms with Crippen LogP contribution in [0, 0.1) is 0 Å². The molecule has 0 spiro atoms. The molecule has 33 heavy (non-hydrogen) atoms. The van der Waals surface area contributed by atoms with Gasteiger partial charge in [0.05, 0.1) is 19.3 Å². The maximum atomic E-state index is 12.6. The number of carbonyl (C=O) groups excluding carboxylic acids is 1. The van der Waals surface area contributed by atoms with Gasteiger partial charge in [-0.1, -0.05) is 12.1 Å². The molecule has 1 aliphatic rings. The summed E-state index contributed by atoms with van der Waals surface area (Å²) < 4.78 is 15.4. The highest BCUT2D eigenvalue weighted by Gasteiger charge is 2.45. The highest BCUT2D eigenvalue weighted by molar-refractivity contribution is 6.09. The van der Waals surface area contributed by atoms with E-state index in [0.717, 1.165) is 18.2 Å². The zero-order chi connectivity index (χ0) is 24.3. The number of phenols is 3. The molecule has 0 aliphatic carbocycles. The molecule has 0 unspecified atom stereocenters. The van der Waals surface area contributed by atoms with Crippen molar-refractivity contribution in [2.24, 2.45) is 0 Å². The van der Waals surface area contributed by atoms with Crippen LogP contribution in [0.2, 0.25) is 0 Å². The van der Waals surface area contributed by atoms with Crippen molar-refractivity contribution in [2.75, 3.05) is 13.7 Å². The largest absolute Gasteiger partial charge is 0.504 e. The van der Waals surface area contributed by atoms with E-state index in [0.29, 0.717) is 5.56 Å². The van der Waals surface area contributed by atoms with Crippen LogP contribution in [0.3, 0.4) is 0 Å². The Labute approximate surface area is 188 Å². The van der Waals surface area contributed by atoms with Gasteiger partial charge in [0.1, 0.15) is 24.4 Å². The number of phenolic OH excluding ortho intramolecular Hbond substituents is 3. The summed E-state index contributed by atoms with van der Waals surface area (Å²) in [6, 6.07) is 6.67. The molecule has 5 atom stereocenters. The number of hydrogen-bond acceptors (Lipinski definition) is 11. The zero-order valence-corrected chi connectivity index (χ0v) is 17.4. The van der Waals surface area contributed by atoms with Crippen molar-refractivity contribution in [1.29, 1.82) is 0 Å². The third-order valence-electron chi connectivity index (χ3n) is 5.09. The van der Waals surface area contributed by atoms with Crippen LogP contribution < -0.4 is 9.47 Å². The van der Waals surface area contributed by atoms with Crippen molar-refractivity contribution in [3.63, 3.8) is 0 Å². The third kappa shape index (κ3) is 5.02. The number of methoxy groups -OCH3 is 1. The first-order valence-corrected chi connectivity index (χ1v) is 9.79. The molecular formula is C22H24O11. The molecule has 1 aliphatic heterocycles. The number of ether oxygens (including phenoxy) is 3. The lowest BCUT2D eigenvalue weighted by Crippen LogP contribution is -2.60. The molecule has 1 saturated heterocycles. The first-order chi connectivity index (χ1) is 15.7. The fraction of sp³-hybridized carbons (Fsp3) is 0.318. The van der Waals surface area contributed by atoms with E-state index < -0.39 is 60.3 Å². The number of hydrogen-bond donors (Lipinski definition) is 7. The lowest BCUT2D eigenvalue weighted by atomic mass is 9.99. The standard InChI is InChI=1S/C22H24O11/c1-31-15-7-3-10(8-14(15)26)2-5-12(24)11-4-6-13(25)21(17(11)27)33-22-20(30)19(29)18(28)16(9-23)32-22/h2-8,16,18-20,22-23,25-30H,9H2,1H3/t16-,18+,19-,20-,22-/m0/s1. The monoisotopic (exact) mass is 464 g/mol. The minimum Gasteiger partial charge on any atom is -0.504 e. The summed E-state index contributed by atoms with van der Waals surface area (Å²) in [5.74, 6) is -2.52. The Kier molecular flexibility index (Phi) is 7.41. The van der Waals surface area contributed by atoms with Crippen LogP contribution in [0.4, 0.5) is 0 Å². The number of aliphatic hydroxyl groups is 4. The van der Waals surface area contributed by atoms with Crippen molar-refractivity contribution in [2.45, 2.75) is 30.7 Å². The second-order valence-electron chi connectivity index (χ2n) is 7.25. The van der Waals surface area contributed by atoms with Gasteiger partial charge < -0.3 is 50.0 Å². The molecule has 1 heterocycles. The minimum absolute atomic E-state index is 0.130. The molecule has 0 aromatic heterocycles. The second-order valence-corrected chi connectivity index (χ2v) is 7.25. The van der Waals surface area contributed by atoms with Crippen molar-refractivity contribution < 1.29 is 54.8 Å². The molecule has 2 aromatic rings.